The molecule has 0 spiro atoms. The lowest BCUT2D eigenvalue weighted by Gasteiger charge is -2.39. The standard InChI is InChI=1S/C20H21ClN2O3/c1-13-9-17(26-3)7-8-18(13)20(25)22-12-19(24)23(11-14(22)2)16-6-4-5-15(21)10-16/h4-10,14H,11-12H2,1-3H3. The normalized spacial score (nSPS) is 17.4. The van der Waals surface area contributed by atoms with Crippen molar-refractivity contribution in [1.82, 2.24) is 4.90 Å². The molecule has 0 bridgehead atoms. The number of anilines is 1. The summed E-state index contributed by atoms with van der Waals surface area (Å²) in [5.74, 6) is 0.440. The lowest BCUT2D eigenvalue weighted by molar-refractivity contribution is -0.121. The van der Waals surface area contributed by atoms with Crippen LogP contribution in [0.2, 0.25) is 5.02 Å². The van der Waals surface area contributed by atoms with Gasteiger partial charge in [-0.05, 0) is 55.8 Å². The molecule has 26 heavy (non-hydrogen) atoms. The number of aryl methyl sites for hydroxylation is 1. The maximum atomic E-state index is 13.0. The first-order chi connectivity index (χ1) is 12.4. The lowest BCUT2D eigenvalue weighted by atomic mass is 10.0. The Kier molecular flexibility index (Phi) is 5.18. The summed E-state index contributed by atoms with van der Waals surface area (Å²) in [6.07, 6.45) is 0. The SMILES string of the molecule is COc1ccc(C(=O)N2CC(=O)N(c3cccc(Cl)c3)CC2C)c(C)c1. The fourth-order valence-corrected chi connectivity index (χ4v) is 3.36. The van der Waals surface area contributed by atoms with Crippen LogP contribution in [0.15, 0.2) is 42.5 Å². The molecule has 1 aliphatic rings. The molecule has 0 aromatic heterocycles. The first-order valence-electron chi connectivity index (χ1n) is 8.42. The fraction of sp³-hybridized carbons (Fsp3) is 0.300. The van der Waals surface area contributed by atoms with Crippen molar-refractivity contribution in [2.24, 2.45) is 0 Å². The van der Waals surface area contributed by atoms with Crippen molar-refractivity contribution in [3.63, 3.8) is 0 Å². The van der Waals surface area contributed by atoms with Gasteiger partial charge in [0.15, 0.2) is 0 Å². The van der Waals surface area contributed by atoms with E-state index in [2.05, 4.69) is 0 Å². The van der Waals surface area contributed by atoms with Crippen LogP contribution in [0.4, 0.5) is 5.69 Å². The Bertz CT molecular complexity index is 853. The van der Waals surface area contributed by atoms with Gasteiger partial charge in [-0.2, -0.15) is 0 Å². The highest BCUT2D eigenvalue weighted by atomic mass is 35.5. The van der Waals surface area contributed by atoms with Gasteiger partial charge in [0.25, 0.3) is 5.91 Å². The number of methoxy groups -OCH3 is 1. The number of hydrogen-bond acceptors (Lipinski definition) is 3. The third kappa shape index (κ3) is 3.53. The summed E-state index contributed by atoms with van der Waals surface area (Å²) in [6.45, 7) is 4.28. The minimum absolute atomic E-state index is 0.0397. The van der Waals surface area contributed by atoms with Gasteiger partial charge in [0.2, 0.25) is 5.91 Å². The summed E-state index contributed by atoms with van der Waals surface area (Å²) in [5, 5.41) is 0.579. The van der Waals surface area contributed by atoms with E-state index in [1.54, 1.807) is 41.2 Å². The molecule has 2 aromatic carbocycles. The molecule has 0 radical (unpaired) electrons. The number of benzene rings is 2. The van der Waals surface area contributed by atoms with Crippen molar-refractivity contribution < 1.29 is 14.3 Å². The lowest BCUT2D eigenvalue weighted by Crippen LogP contribution is -2.57. The van der Waals surface area contributed by atoms with Crippen LogP contribution in [0.5, 0.6) is 5.75 Å². The Morgan fingerprint density at radius 1 is 1.23 bits per heavy atom. The highest BCUT2D eigenvalue weighted by Crippen LogP contribution is 2.25. The first-order valence-corrected chi connectivity index (χ1v) is 8.80. The molecule has 2 aromatic rings. The molecule has 0 saturated carbocycles. The molecule has 6 heteroatoms. The van der Waals surface area contributed by atoms with Crippen LogP contribution in [-0.4, -0.2) is 43.0 Å². The predicted molar refractivity (Wildman–Crippen MR) is 102 cm³/mol. The summed E-state index contributed by atoms with van der Waals surface area (Å²) < 4.78 is 5.19. The Hall–Kier alpha value is -2.53. The van der Waals surface area contributed by atoms with Crippen LogP contribution in [0.25, 0.3) is 0 Å². The van der Waals surface area contributed by atoms with Crippen molar-refractivity contribution in [1.29, 1.82) is 0 Å². The van der Waals surface area contributed by atoms with E-state index in [0.29, 0.717) is 22.9 Å². The minimum atomic E-state index is -0.142. The van der Waals surface area contributed by atoms with E-state index in [1.807, 2.05) is 32.0 Å². The van der Waals surface area contributed by atoms with Crippen LogP contribution >= 0.6 is 11.6 Å². The molecule has 2 amide bonds. The van der Waals surface area contributed by atoms with Gasteiger partial charge in [0.05, 0.1) is 7.11 Å². The molecule has 1 fully saturated rings. The summed E-state index contributed by atoms with van der Waals surface area (Å²) >= 11 is 6.04. The average Bonchev–Trinajstić information content (AvgIpc) is 2.62. The maximum absolute atomic E-state index is 13.0. The van der Waals surface area contributed by atoms with Crippen molar-refractivity contribution in [2.45, 2.75) is 19.9 Å². The van der Waals surface area contributed by atoms with E-state index in [1.165, 1.54) is 0 Å². The number of nitrogens with zero attached hydrogens (tertiary/aromatic N) is 2. The maximum Gasteiger partial charge on any atom is 0.254 e. The van der Waals surface area contributed by atoms with Crippen molar-refractivity contribution in [3.05, 3.63) is 58.6 Å². The van der Waals surface area contributed by atoms with Gasteiger partial charge in [-0.3, -0.25) is 9.59 Å². The van der Waals surface area contributed by atoms with Crippen molar-refractivity contribution in [2.75, 3.05) is 25.1 Å². The van der Waals surface area contributed by atoms with E-state index in [9.17, 15) is 9.59 Å². The van der Waals surface area contributed by atoms with Gasteiger partial charge in [-0.1, -0.05) is 17.7 Å². The third-order valence-corrected chi connectivity index (χ3v) is 4.87. The van der Waals surface area contributed by atoms with E-state index in [-0.39, 0.29) is 24.4 Å². The van der Waals surface area contributed by atoms with Crippen LogP contribution in [0, 0.1) is 6.92 Å². The van der Waals surface area contributed by atoms with Crippen molar-refractivity contribution in [3.8, 4) is 5.75 Å². The number of carbonyl (C=O) groups is 2. The molecular formula is C20H21ClN2O3. The molecule has 1 aliphatic heterocycles. The van der Waals surface area contributed by atoms with Gasteiger partial charge < -0.3 is 14.5 Å². The monoisotopic (exact) mass is 372 g/mol. The number of piperazine rings is 1. The quantitative estimate of drug-likeness (QED) is 0.828. The second-order valence-corrected chi connectivity index (χ2v) is 6.88. The largest absolute Gasteiger partial charge is 0.497 e. The topological polar surface area (TPSA) is 49.9 Å². The summed E-state index contributed by atoms with van der Waals surface area (Å²) in [6, 6.07) is 12.4. The molecule has 3 rings (SSSR count). The summed E-state index contributed by atoms with van der Waals surface area (Å²) in [5.41, 5.74) is 2.16. The molecule has 0 N–H and O–H groups in total. The Balaban J connectivity index is 1.81. The second kappa shape index (κ2) is 7.38. The van der Waals surface area contributed by atoms with Gasteiger partial charge in [-0.15, -0.1) is 0 Å². The average molecular weight is 373 g/mol. The molecule has 0 aliphatic carbocycles. The van der Waals surface area contributed by atoms with Crippen LogP contribution < -0.4 is 9.64 Å². The number of halogens is 1. The number of rotatable bonds is 3. The smallest absolute Gasteiger partial charge is 0.254 e. The van der Waals surface area contributed by atoms with Gasteiger partial charge in [0.1, 0.15) is 12.3 Å². The number of amides is 2. The first kappa shape index (κ1) is 18.3. The number of hydrogen-bond donors (Lipinski definition) is 0. The zero-order valence-electron chi connectivity index (χ0n) is 15.0. The van der Waals surface area contributed by atoms with Crippen molar-refractivity contribution >= 4 is 29.1 Å². The number of ether oxygens (including phenoxy) is 1. The molecule has 1 unspecified atom stereocenters. The third-order valence-electron chi connectivity index (χ3n) is 4.63. The molecular weight excluding hydrogens is 352 g/mol. The zero-order chi connectivity index (χ0) is 18.8. The van der Waals surface area contributed by atoms with E-state index >= 15 is 0 Å². The van der Waals surface area contributed by atoms with Gasteiger partial charge >= 0.3 is 0 Å². The summed E-state index contributed by atoms with van der Waals surface area (Å²) in [7, 11) is 1.59. The fourth-order valence-electron chi connectivity index (χ4n) is 3.17. The zero-order valence-corrected chi connectivity index (χ0v) is 15.8. The minimum Gasteiger partial charge on any atom is -0.497 e. The Morgan fingerprint density at radius 3 is 2.65 bits per heavy atom. The van der Waals surface area contributed by atoms with Gasteiger partial charge in [0, 0.05) is 28.9 Å². The number of carbonyl (C=O) groups excluding carboxylic acids is 2. The van der Waals surface area contributed by atoms with Crippen LogP contribution in [0.3, 0.4) is 0 Å². The van der Waals surface area contributed by atoms with E-state index < -0.39 is 0 Å². The molecule has 1 saturated heterocycles. The Morgan fingerprint density at radius 2 is 2.00 bits per heavy atom. The molecule has 1 heterocycles. The van der Waals surface area contributed by atoms with Crippen LogP contribution in [0.1, 0.15) is 22.8 Å². The van der Waals surface area contributed by atoms with Gasteiger partial charge in [-0.25, -0.2) is 0 Å². The Labute approximate surface area is 158 Å². The van der Waals surface area contributed by atoms with Crippen LogP contribution in [-0.2, 0) is 4.79 Å². The predicted octanol–water partition coefficient (Wildman–Crippen LogP) is 3.53. The van der Waals surface area contributed by atoms with E-state index in [4.69, 9.17) is 16.3 Å². The highest BCUT2D eigenvalue weighted by Gasteiger charge is 2.34. The van der Waals surface area contributed by atoms with E-state index in [0.717, 1.165) is 11.3 Å². The molecule has 5 nitrogen and oxygen atoms in total. The molecule has 1 atom stereocenters. The second-order valence-electron chi connectivity index (χ2n) is 6.45. The molecule has 136 valence electrons. The highest BCUT2D eigenvalue weighted by molar-refractivity contribution is 6.30. The summed E-state index contributed by atoms with van der Waals surface area (Å²) in [4.78, 5) is 28.9.